The lowest BCUT2D eigenvalue weighted by Gasteiger charge is -2.05. The molecule has 0 bridgehead atoms. The molecule has 0 aliphatic heterocycles. The molecule has 0 saturated heterocycles. The predicted molar refractivity (Wildman–Crippen MR) is 70.3 cm³/mol. The number of aromatic nitrogens is 1. The van der Waals surface area contributed by atoms with Crippen molar-refractivity contribution in [2.45, 2.75) is 13.3 Å². The fourth-order valence-corrected chi connectivity index (χ4v) is 2.18. The van der Waals surface area contributed by atoms with Gasteiger partial charge in [0.05, 0.1) is 17.8 Å². The van der Waals surface area contributed by atoms with Crippen LogP contribution in [0.5, 0.6) is 5.75 Å². The van der Waals surface area contributed by atoms with E-state index in [1.807, 2.05) is 31.2 Å². The smallest absolute Gasteiger partial charge is 0.348 e. The minimum Gasteiger partial charge on any atom is -0.494 e. The average molecular weight is 263 g/mol. The molecule has 0 unspecified atom stereocenters. The normalized spacial score (nSPS) is 10.3. The first-order valence-electron chi connectivity index (χ1n) is 5.62. The van der Waals surface area contributed by atoms with Gasteiger partial charge in [0.2, 0.25) is 0 Å². The molecule has 0 atom stereocenters. The van der Waals surface area contributed by atoms with Gasteiger partial charge >= 0.3 is 5.97 Å². The molecule has 1 N–H and O–H groups in total. The number of thiazole rings is 1. The Labute approximate surface area is 109 Å². The lowest BCUT2D eigenvalue weighted by atomic mass is 10.1. The van der Waals surface area contributed by atoms with Gasteiger partial charge in [-0.3, -0.25) is 0 Å². The molecule has 0 spiro atoms. The highest BCUT2D eigenvalue weighted by Crippen LogP contribution is 2.27. The molecule has 1 heterocycles. The van der Waals surface area contributed by atoms with Gasteiger partial charge in [-0.2, -0.15) is 0 Å². The van der Waals surface area contributed by atoms with Crippen molar-refractivity contribution in [3.05, 3.63) is 34.7 Å². The van der Waals surface area contributed by atoms with Gasteiger partial charge in [0.25, 0.3) is 0 Å². The van der Waals surface area contributed by atoms with E-state index >= 15 is 0 Å². The molecule has 18 heavy (non-hydrogen) atoms. The van der Waals surface area contributed by atoms with Gasteiger partial charge in [0.1, 0.15) is 10.6 Å². The summed E-state index contributed by atoms with van der Waals surface area (Å²) in [5.74, 6) is -0.161. The van der Waals surface area contributed by atoms with Crippen LogP contribution in [0.25, 0.3) is 11.3 Å². The van der Waals surface area contributed by atoms with Crippen molar-refractivity contribution in [2.24, 2.45) is 0 Å². The summed E-state index contributed by atoms with van der Waals surface area (Å²) in [6.45, 7) is 2.72. The maximum absolute atomic E-state index is 11.0. The Kier molecular flexibility index (Phi) is 3.94. The molecule has 0 aliphatic carbocycles. The van der Waals surface area contributed by atoms with E-state index in [-0.39, 0.29) is 4.88 Å². The Bertz CT molecular complexity index is 533. The number of nitrogens with zero attached hydrogens (tertiary/aromatic N) is 1. The van der Waals surface area contributed by atoms with Crippen LogP contribution < -0.4 is 4.74 Å². The van der Waals surface area contributed by atoms with E-state index < -0.39 is 5.97 Å². The van der Waals surface area contributed by atoms with Gasteiger partial charge in [-0.15, -0.1) is 11.3 Å². The SMILES string of the molecule is CCCOc1ccc(-c2ncsc2C(=O)O)cc1. The average Bonchev–Trinajstić information content (AvgIpc) is 2.86. The molecular weight excluding hydrogens is 250 g/mol. The third kappa shape index (κ3) is 2.68. The minimum atomic E-state index is -0.946. The Hall–Kier alpha value is -1.88. The molecule has 0 aliphatic rings. The molecule has 2 rings (SSSR count). The van der Waals surface area contributed by atoms with Crippen LogP contribution in [0.3, 0.4) is 0 Å². The summed E-state index contributed by atoms with van der Waals surface area (Å²) in [5, 5.41) is 9.03. The molecule has 0 saturated carbocycles. The number of hydrogen-bond donors (Lipinski definition) is 1. The second-order valence-corrected chi connectivity index (χ2v) is 4.56. The van der Waals surface area contributed by atoms with Crippen molar-refractivity contribution in [3.63, 3.8) is 0 Å². The summed E-state index contributed by atoms with van der Waals surface area (Å²) < 4.78 is 5.47. The number of rotatable bonds is 5. The zero-order valence-electron chi connectivity index (χ0n) is 9.92. The lowest BCUT2D eigenvalue weighted by Crippen LogP contribution is -1.96. The zero-order valence-corrected chi connectivity index (χ0v) is 10.7. The fourth-order valence-electron chi connectivity index (χ4n) is 1.53. The van der Waals surface area contributed by atoms with E-state index in [2.05, 4.69) is 4.98 Å². The van der Waals surface area contributed by atoms with Crippen molar-refractivity contribution in [3.8, 4) is 17.0 Å². The molecule has 2 aromatic rings. The highest BCUT2D eigenvalue weighted by Gasteiger charge is 2.14. The highest BCUT2D eigenvalue weighted by atomic mass is 32.1. The first kappa shape index (κ1) is 12.6. The number of carboxylic acid groups (broad SMARTS) is 1. The van der Waals surface area contributed by atoms with Crippen molar-refractivity contribution < 1.29 is 14.6 Å². The zero-order chi connectivity index (χ0) is 13.0. The van der Waals surface area contributed by atoms with Crippen LogP contribution >= 0.6 is 11.3 Å². The predicted octanol–water partition coefficient (Wildman–Crippen LogP) is 3.30. The van der Waals surface area contributed by atoms with E-state index in [0.717, 1.165) is 29.1 Å². The van der Waals surface area contributed by atoms with Gasteiger partial charge < -0.3 is 9.84 Å². The summed E-state index contributed by atoms with van der Waals surface area (Å²) in [4.78, 5) is 15.4. The number of hydrogen-bond acceptors (Lipinski definition) is 4. The number of carboxylic acids is 1. The largest absolute Gasteiger partial charge is 0.494 e. The van der Waals surface area contributed by atoms with Crippen molar-refractivity contribution in [2.75, 3.05) is 6.61 Å². The first-order valence-corrected chi connectivity index (χ1v) is 6.50. The number of benzene rings is 1. The minimum absolute atomic E-state index is 0.261. The van der Waals surface area contributed by atoms with Crippen LogP contribution in [-0.2, 0) is 0 Å². The van der Waals surface area contributed by atoms with E-state index in [1.165, 1.54) is 0 Å². The van der Waals surface area contributed by atoms with Crippen LogP contribution in [0.1, 0.15) is 23.0 Å². The van der Waals surface area contributed by atoms with Gasteiger partial charge in [-0.1, -0.05) is 6.92 Å². The van der Waals surface area contributed by atoms with Crippen molar-refractivity contribution in [1.82, 2.24) is 4.98 Å². The summed E-state index contributed by atoms with van der Waals surface area (Å²) in [6, 6.07) is 7.31. The van der Waals surface area contributed by atoms with Crippen molar-refractivity contribution in [1.29, 1.82) is 0 Å². The number of aromatic carboxylic acids is 1. The van der Waals surface area contributed by atoms with Gasteiger partial charge in [-0.25, -0.2) is 9.78 Å². The standard InChI is InChI=1S/C13H13NO3S/c1-2-7-17-10-5-3-9(4-6-10)11-12(13(15)16)18-8-14-11/h3-6,8H,2,7H2,1H3,(H,15,16). The van der Waals surface area contributed by atoms with E-state index in [1.54, 1.807) is 5.51 Å². The topological polar surface area (TPSA) is 59.4 Å². The summed E-state index contributed by atoms with van der Waals surface area (Å²) >= 11 is 1.13. The third-order valence-electron chi connectivity index (χ3n) is 2.36. The van der Waals surface area contributed by atoms with Gasteiger partial charge in [0.15, 0.2) is 0 Å². The van der Waals surface area contributed by atoms with Crippen molar-refractivity contribution >= 4 is 17.3 Å². The van der Waals surface area contributed by atoms with E-state index in [0.29, 0.717) is 12.3 Å². The molecule has 5 heteroatoms. The van der Waals surface area contributed by atoms with Gasteiger partial charge in [0, 0.05) is 5.56 Å². The Morgan fingerprint density at radius 2 is 2.11 bits per heavy atom. The molecule has 1 aromatic carbocycles. The Morgan fingerprint density at radius 3 is 2.72 bits per heavy atom. The van der Waals surface area contributed by atoms with Crippen LogP contribution in [0.2, 0.25) is 0 Å². The highest BCUT2D eigenvalue weighted by molar-refractivity contribution is 7.12. The molecule has 94 valence electrons. The fraction of sp³-hybridized carbons (Fsp3) is 0.231. The maximum Gasteiger partial charge on any atom is 0.348 e. The summed E-state index contributed by atoms with van der Waals surface area (Å²) in [6.07, 6.45) is 0.955. The third-order valence-corrected chi connectivity index (χ3v) is 3.18. The van der Waals surface area contributed by atoms with E-state index in [9.17, 15) is 4.79 Å². The Morgan fingerprint density at radius 1 is 1.39 bits per heavy atom. The van der Waals surface area contributed by atoms with Crippen LogP contribution in [0.15, 0.2) is 29.8 Å². The number of carbonyl (C=O) groups is 1. The second kappa shape index (κ2) is 5.64. The van der Waals surface area contributed by atoms with Crippen LogP contribution in [0, 0.1) is 0 Å². The molecule has 0 amide bonds. The van der Waals surface area contributed by atoms with Gasteiger partial charge in [-0.05, 0) is 30.7 Å². The molecular formula is C13H13NO3S. The summed E-state index contributed by atoms with van der Waals surface area (Å²) in [7, 11) is 0. The second-order valence-electron chi connectivity index (χ2n) is 3.71. The lowest BCUT2D eigenvalue weighted by molar-refractivity contribution is 0.0702. The van der Waals surface area contributed by atoms with E-state index in [4.69, 9.17) is 9.84 Å². The first-order chi connectivity index (χ1) is 8.72. The molecule has 4 nitrogen and oxygen atoms in total. The summed E-state index contributed by atoms with van der Waals surface area (Å²) in [5.41, 5.74) is 2.84. The monoisotopic (exact) mass is 263 g/mol. The number of ether oxygens (including phenoxy) is 1. The Balaban J connectivity index is 2.23. The molecule has 0 radical (unpaired) electrons. The molecule has 1 aromatic heterocycles. The molecule has 0 fully saturated rings. The van der Waals surface area contributed by atoms with Crippen LogP contribution in [0.4, 0.5) is 0 Å². The maximum atomic E-state index is 11.0. The van der Waals surface area contributed by atoms with Crippen LogP contribution in [-0.4, -0.2) is 22.7 Å². The quantitative estimate of drug-likeness (QED) is 0.899.